The second-order valence-corrected chi connectivity index (χ2v) is 8.28. The Morgan fingerprint density at radius 1 is 1.15 bits per heavy atom. The van der Waals surface area contributed by atoms with Crippen LogP contribution in [0.15, 0.2) is 24.3 Å². The summed E-state index contributed by atoms with van der Waals surface area (Å²) in [6.07, 6.45) is 5.02. The van der Waals surface area contributed by atoms with Crippen LogP contribution in [0.5, 0.6) is 0 Å². The van der Waals surface area contributed by atoms with Gasteiger partial charge >= 0.3 is 0 Å². The Morgan fingerprint density at radius 3 is 2.69 bits per heavy atom. The van der Waals surface area contributed by atoms with Gasteiger partial charge < -0.3 is 9.80 Å². The van der Waals surface area contributed by atoms with Crippen LogP contribution < -0.4 is 4.90 Å². The van der Waals surface area contributed by atoms with Gasteiger partial charge in [0.05, 0.1) is 5.92 Å². The molecule has 0 bridgehead atoms. The van der Waals surface area contributed by atoms with Gasteiger partial charge in [-0.15, -0.1) is 0 Å². The van der Waals surface area contributed by atoms with Crippen molar-refractivity contribution in [1.29, 1.82) is 0 Å². The molecule has 1 aromatic carbocycles. The van der Waals surface area contributed by atoms with Crippen LogP contribution in [-0.4, -0.2) is 46.3 Å². The van der Waals surface area contributed by atoms with E-state index in [4.69, 9.17) is 16.6 Å². The number of nitrogens with zero attached hydrogens (tertiary/aromatic N) is 4. The highest BCUT2D eigenvalue weighted by Gasteiger charge is 2.31. The molecule has 1 unspecified atom stereocenters. The molecule has 0 N–H and O–H groups in total. The monoisotopic (exact) mass is 390 g/mol. The molecule has 2 aromatic rings. The van der Waals surface area contributed by atoms with E-state index < -0.39 is 0 Å². The molecule has 7 heteroatoms. The van der Waals surface area contributed by atoms with Gasteiger partial charge in [-0.25, -0.2) is 4.98 Å². The highest BCUT2D eigenvalue weighted by molar-refractivity contribution is 7.09. The van der Waals surface area contributed by atoms with Crippen molar-refractivity contribution in [2.24, 2.45) is 5.92 Å². The maximum Gasteiger partial charge on any atom is 0.227 e. The van der Waals surface area contributed by atoms with E-state index in [1.165, 1.54) is 11.5 Å². The zero-order valence-electron chi connectivity index (χ0n) is 14.7. The molecule has 0 saturated carbocycles. The molecular weight excluding hydrogens is 368 g/mol. The number of piperidine rings is 1. The first kappa shape index (κ1) is 17.7. The summed E-state index contributed by atoms with van der Waals surface area (Å²) in [6, 6.07) is 7.80. The quantitative estimate of drug-likeness (QED) is 0.800. The number of likely N-dealkylation sites (tertiary alicyclic amines) is 1. The molecule has 3 heterocycles. The van der Waals surface area contributed by atoms with E-state index in [9.17, 15) is 4.79 Å². The zero-order valence-corrected chi connectivity index (χ0v) is 16.3. The predicted molar refractivity (Wildman–Crippen MR) is 105 cm³/mol. The third-order valence-corrected chi connectivity index (χ3v) is 6.26. The van der Waals surface area contributed by atoms with Crippen molar-refractivity contribution in [2.75, 3.05) is 31.1 Å². The zero-order chi connectivity index (χ0) is 17.9. The molecule has 138 valence electrons. The van der Waals surface area contributed by atoms with Gasteiger partial charge in [0.2, 0.25) is 11.0 Å². The van der Waals surface area contributed by atoms with Crippen molar-refractivity contribution in [1.82, 2.24) is 14.3 Å². The van der Waals surface area contributed by atoms with E-state index in [2.05, 4.69) is 9.27 Å². The SMILES string of the molecule is O=C(C1CCCN(c2nc(Cc3ccc(Cl)cc3)ns2)C1)N1CCCC1. The average Bonchev–Trinajstić information content (AvgIpc) is 3.35. The van der Waals surface area contributed by atoms with Crippen molar-refractivity contribution >= 4 is 34.2 Å². The van der Waals surface area contributed by atoms with Crippen LogP contribution >= 0.6 is 23.1 Å². The molecule has 1 atom stereocenters. The molecule has 26 heavy (non-hydrogen) atoms. The van der Waals surface area contributed by atoms with Gasteiger partial charge in [-0.3, -0.25) is 4.79 Å². The summed E-state index contributed by atoms with van der Waals surface area (Å²) in [5.41, 5.74) is 1.15. The molecule has 0 spiro atoms. The first-order valence-corrected chi connectivity index (χ1v) is 10.4. The minimum absolute atomic E-state index is 0.102. The Morgan fingerprint density at radius 2 is 1.92 bits per heavy atom. The number of hydrogen-bond donors (Lipinski definition) is 0. The number of aromatic nitrogens is 2. The Hall–Kier alpha value is -1.66. The number of anilines is 1. The lowest BCUT2D eigenvalue weighted by atomic mass is 9.97. The highest BCUT2D eigenvalue weighted by Crippen LogP contribution is 2.27. The molecule has 4 rings (SSSR count). The average molecular weight is 391 g/mol. The maximum absolute atomic E-state index is 12.7. The Balaban J connectivity index is 1.40. The van der Waals surface area contributed by atoms with E-state index in [1.54, 1.807) is 0 Å². The normalized spacial score (nSPS) is 20.6. The second kappa shape index (κ2) is 7.92. The van der Waals surface area contributed by atoms with E-state index in [1.807, 2.05) is 29.2 Å². The fourth-order valence-corrected chi connectivity index (χ4v) is 4.62. The molecule has 2 aliphatic rings. The van der Waals surface area contributed by atoms with Crippen LogP contribution in [-0.2, 0) is 11.2 Å². The third kappa shape index (κ3) is 4.01. The van der Waals surface area contributed by atoms with Gasteiger partial charge in [0.15, 0.2) is 0 Å². The number of amides is 1. The number of benzene rings is 1. The molecule has 1 amide bonds. The maximum atomic E-state index is 12.7. The standard InChI is InChI=1S/C19H23ClN4OS/c20-16-7-5-14(6-8-16)12-17-21-19(26-22-17)24-11-3-4-15(13-24)18(25)23-9-1-2-10-23/h5-8,15H,1-4,9-13H2. The van der Waals surface area contributed by atoms with Crippen LogP contribution in [0, 0.1) is 5.92 Å². The van der Waals surface area contributed by atoms with E-state index in [-0.39, 0.29) is 5.92 Å². The van der Waals surface area contributed by atoms with E-state index in [0.717, 1.165) is 73.4 Å². The van der Waals surface area contributed by atoms with Crippen molar-refractivity contribution in [2.45, 2.75) is 32.1 Å². The summed E-state index contributed by atoms with van der Waals surface area (Å²) in [7, 11) is 0. The van der Waals surface area contributed by atoms with Crippen LogP contribution in [0.1, 0.15) is 37.1 Å². The summed E-state index contributed by atoms with van der Waals surface area (Å²) in [5, 5.41) is 1.68. The van der Waals surface area contributed by atoms with Gasteiger partial charge in [-0.05, 0) is 43.4 Å². The minimum Gasteiger partial charge on any atom is -0.346 e. The third-order valence-electron chi connectivity index (χ3n) is 5.19. The highest BCUT2D eigenvalue weighted by atomic mass is 35.5. The molecular formula is C19H23ClN4OS. The molecule has 5 nitrogen and oxygen atoms in total. The number of carbonyl (C=O) groups excluding carboxylic acids is 1. The summed E-state index contributed by atoms with van der Waals surface area (Å²) in [4.78, 5) is 21.7. The lowest BCUT2D eigenvalue weighted by Gasteiger charge is -2.33. The number of halogens is 1. The minimum atomic E-state index is 0.102. The summed E-state index contributed by atoms with van der Waals surface area (Å²) < 4.78 is 4.52. The second-order valence-electron chi connectivity index (χ2n) is 7.11. The number of carbonyl (C=O) groups is 1. The Kier molecular flexibility index (Phi) is 5.41. The lowest BCUT2D eigenvalue weighted by molar-refractivity contribution is -0.134. The first-order chi connectivity index (χ1) is 12.7. The topological polar surface area (TPSA) is 49.3 Å². The number of hydrogen-bond acceptors (Lipinski definition) is 5. The molecule has 2 aliphatic heterocycles. The summed E-state index contributed by atoms with van der Waals surface area (Å²) in [5.74, 6) is 1.27. The van der Waals surface area contributed by atoms with Crippen molar-refractivity contribution < 1.29 is 4.79 Å². The fraction of sp³-hybridized carbons (Fsp3) is 0.526. The molecule has 2 saturated heterocycles. The summed E-state index contributed by atoms with van der Waals surface area (Å²) in [6.45, 7) is 3.59. The van der Waals surface area contributed by atoms with Crippen LogP contribution in [0.25, 0.3) is 0 Å². The lowest BCUT2D eigenvalue weighted by Crippen LogP contribution is -2.44. The van der Waals surface area contributed by atoms with Gasteiger partial charge in [0, 0.05) is 49.2 Å². The summed E-state index contributed by atoms with van der Waals surface area (Å²) >= 11 is 7.38. The first-order valence-electron chi connectivity index (χ1n) is 9.30. The van der Waals surface area contributed by atoms with Gasteiger partial charge in [0.1, 0.15) is 5.82 Å². The van der Waals surface area contributed by atoms with Crippen molar-refractivity contribution in [3.8, 4) is 0 Å². The van der Waals surface area contributed by atoms with Crippen molar-refractivity contribution in [3.05, 3.63) is 40.7 Å². The predicted octanol–water partition coefficient (Wildman–Crippen LogP) is 3.62. The molecule has 1 aromatic heterocycles. The van der Waals surface area contributed by atoms with Crippen LogP contribution in [0.4, 0.5) is 5.13 Å². The largest absolute Gasteiger partial charge is 0.346 e. The molecule has 0 radical (unpaired) electrons. The van der Waals surface area contributed by atoms with Gasteiger partial charge in [-0.2, -0.15) is 4.37 Å². The van der Waals surface area contributed by atoms with E-state index >= 15 is 0 Å². The van der Waals surface area contributed by atoms with Crippen LogP contribution in [0.3, 0.4) is 0 Å². The van der Waals surface area contributed by atoms with Crippen molar-refractivity contribution in [3.63, 3.8) is 0 Å². The molecule has 2 fully saturated rings. The number of rotatable bonds is 4. The Labute approximate surface area is 163 Å². The van der Waals surface area contributed by atoms with Gasteiger partial charge in [-0.1, -0.05) is 23.7 Å². The van der Waals surface area contributed by atoms with Gasteiger partial charge in [0.25, 0.3) is 0 Å². The molecule has 0 aliphatic carbocycles. The smallest absolute Gasteiger partial charge is 0.227 e. The van der Waals surface area contributed by atoms with E-state index in [0.29, 0.717) is 12.3 Å². The van der Waals surface area contributed by atoms with Crippen LogP contribution in [0.2, 0.25) is 5.02 Å². The fourth-order valence-electron chi connectivity index (χ4n) is 3.78. The Bertz CT molecular complexity index is 757.